The molecule has 0 saturated heterocycles. The number of nitrogens with one attached hydrogen (secondary N) is 2. The highest BCUT2D eigenvalue weighted by Gasteiger charge is 2.30. The Morgan fingerprint density at radius 1 is 1.25 bits per heavy atom. The van der Waals surface area contributed by atoms with E-state index in [0.29, 0.717) is 22.8 Å². The SMILES string of the molecule is Cc1ccc(-c2noc(C3CC3)n2)cc1S(=O)(=O)NC(C)C(=O)Nc1ccc(F)cc1Cl. The molecule has 1 atom stereocenters. The summed E-state index contributed by atoms with van der Waals surface area (Å²) in [4.78, 5) is 16.8. The van der Waals surface area contributed by atoms with E-state index in [9.17, 15) is 17.6 Å². The van der Waals surface area contributed by atoms with Crippen LogP contribution in [0.25, 0.3) is 11.4 Å². The number of aromatic nitrogens is 2. The van der Waals surface area contributed by atoms with Gasteiger partial charge in [0.2, 0.25) is 27.6 Å². The lowest BCUT2D eigenvalue weighted by molar-refractivity contribution is -0.117. The molecule has 2 aromatic carbocycles. The Morgan fingerprint density at radius 2 is 2.00 bits per heavy atom. The smallest absolute Gasteiger partial charge is 0.242 e. The molecule has 0 spiro atoms. The summed E-state index contributed by atoms with van der Waals surface area (Å²) in [6.07, 6.45) is 2.00. The van der Waals surface area contributed by atoms with Crippen molar-refractivity contribution in [2.75, 3.05) is 5.32 Å². The molecule has 0 aliphatic heterocycles. The monoisotopic (exact) mass is 478 g/mol. The lowest BCUT2D eigenvalue weighted by Crippen LogP contribution is -2.41. The highest BCUT2D eigenvalue weighted by Crippen LogP contribution is 2.39. The highest BCUT2D eigenvalue weighted by molar-refractivity contribution is 7.89. The average molecular weight is 479 g/mol. The van der Waals surface area contributed by atoms with Crippen molar-refractivity contribution >= 4 is 33.2 Å². The van der Waals surface area contributed by atoms with E-state index in [2.05, 4.69) is 20.2 Å². The minimum atomic E-state index is -4.06. The number of amides is 1. The zero-order valence-corrected chi connectivity index (χ0v) is 18.8. The number of aryl methyl sites for hydroxylation is 1. The first-order chi connectivity index (χ1) is 15.1. The van der Waals surface area contributed by atoms with E-state index in [0.717, 1.165) is 25.0 Å². The molecule has 11 heteroatoms. The first-order valence-corrected chi connectivity index (χ1v) is 11.7. The second kappa shape index (κ2) is 8.61. The van der Waals surface area contributed by atoms with Gasteiger partial charge in [-0.3, -0.25) is 4.79 Å². The van der Waals surface area contributed by atoms with Crippen LogP contribution in [-0.4, -0.2) is 30.5 Å². The van der Waals surface area contributed by atoms with Crippen LogP contribution >= 0.6 is 11.6 Å². The first kappa shape index (κ1) is 22.4. The van der Waals surface area contributed by atoms with Crippen molar-refractivity contribution in [2.45, 2.75) is 43.5 Å². The van der Waals surface area contributed by atoms with Crippen LogP contribution in [0.3, 0.4) is 0 Å². The standard InChI is InChI=1S/C21H20ClFN4O4S/c1-11-3-4-14(19-25-21(31-26-19)13-5-6-13)9-18(11)32(29,30)27-12(2)20(28)24-17-8-7-15(23)10-16(17)22/h3-4,7-10,12-13,27H,5-6H2,1-2H3,(H,24,28). The van der Waals surface area contributed by atoms with Crippen LogP contribution < -0.4 is 10.0 Å². The quantitative estimate of drug-likeness (QED) is 0.530. The number of sulfonamides is 1. The maximum absolute atomic E-state index is 13.2. The van der Waals surface area contributed by atoms with Gasteiger partial charge in [0.25, 0.3) is 0 Å². The summed E-state index contributed by atoms with van der Waals surface area (Å²) in [6.45, 7) is 3.04. The molecule has 4 rings (SSSR count). The van der Waals surface area contributed by atoms with Crippen molar-refractivity contribution in [1.82, 2.24) is 14.9 Å². The summed E-state index contributed by atoms with van der Waals surface area (Å²) in [5, 5.41) is 6.43. The largest absolute Gasteiger partial charge is 0.339 e. The number of rotatable bonds is 7. The van der Waals surface area contributed by atoms with Crippen LogP contribution in [0, 0.1) is 12.7 Å². The molecule has 1 fully saturated rings. The maximum atomic E-state index is 13.2. The van der Waals surface area contributed by atoms with Crippen molar-refractivity contribution in [3.8, 4) is 11.4 Å². The van der Waals surface area contributed by atoms with Gasteiger partial charge in [0.05, 0.1) is 21.6 Å². The molecule has 1 aromatic heterocycles. The van der Waals surface area contributed by atoms with Gasteiger partial charge in [-0.05, 0) is 56.5 Å². The summed E-state index contributed by atoms with van der Waals surface area (Å²) >= 11 is 5.92. The number of carbonyl (C=O) groups excluding carboxylic acids is 1. The second-order valence-electron chi connectivity index (χ2n) is 7.67. The number of hydrogen-bond donors (Lipinski definition) is 2. The Bertz CT molecular complexity index is 1290. The van der Waals surface area contributed by atoms with Crippen LogP contribution in [0.5, 0.6) is 0 Å². The van der Waals surface area contributed by atoms with E-state index >= 15 is 0 Å². The van der Waals surface area contributed by atoms with Crippen LogP contribution in [-0.2, 0) is 14.8 Å². The Balaban J connectivity index is 1.52. The average Bonchev–Trinajstić information content (AvgIpc) is 3.47. The molecule has 32 heavy (non-hydrogen) atoms. The minimum absolute atomic E-state index is 0.00244. The van der Waals surface area contributed by atoms with Gasteiger partial charge in [-0.15, -0.1) is 0 Å². The number of nitrogens with zero attached hydrogens (tertiary/aromatic N) is 2. The van der Waals surface area contributed by atoms with Crippen molar-refractivity contribution in [2.24, 2.45) is 0 Å². The third kappa shape index (κ3) is 4.82. The molecule has 2 N–H and O–H groups in total. The Kier molecular flexibility index (Phi) is 6.02. The molecule has 0 radical (unpaired) electrons. The predicted molar refractivity (Wildman–Crippen MR) is 116 cm³/mol. The summed E-state index contributed by atoms with van der Waals surface area (Å²) in [6, 6.07) is 7.15. The fourth-order valence-corrected chi connectivity index (χ4v) is 4.75. The molecular weight excluding hydrogens is 459 g/mol. The van der Waals surface area contributed by atoms with Gasteiger partial charge >= 0.3 is 0 Å². The Hall–Kier alpha value is -2.82. The van der Waals surface area contributed by atoms with E-state index in [1.807, 2.05) is 0 Å². The van der Waals surface area contributed by atoms with E-state index < -0.39 is 27.8 Å². The molecule has 1 unspecified atom stereocenters. The second-order valence-corrected chi connectivity index (χ2v) is 9.76. The van der Waals surface area contributed by atoms with Gasteiger partial charge < -0.3 is 9.84 Å². The van der Waals surface area contributed by atoms with Gasteiger partial charge in [0.15, 0.2) is 0 Å². The first-order valence-electron chi connectivity index (χ1n) is 9.87. The maximum Gasteiger partial charge on any atom is 0.242 e. The van der Waals surface area contributed by atoms with Crippen LogP contribution in [0.1, 0.15) is 37.1 Å². The Labute approximate surface area is 189 Å². The van der Waals surface area contributed by atoms with Gasteiger partial charge in [-0.25, -0.2) is 12.8 Å². The number of hydrogen-bond acceptors (Lipinski definition) is 6. The third-order valence-electron chi connectivity index (χ3n) is 5.02. The molecule has 1 aliphatic rings. The predicted octanol–water partition coefficient (Wildman–Crippen LogP) is 4.02. The number of benzene rings is 2. The molecule has 3 aromatic rings. The molecule has 0 bridgehead atoms. The van der Waals surface area contributed by atoms with Gasteiger partial charge in [-0.2, -0.15) is 9.71 Å². The van der Waals surface area contributed by atoms with Crippen molar-refractivity contribution in [3.05, 3.63) is 58.7 Å². The number of carbonyl (C=O) groups is 1. The molecule has 1 heterocycles. The molecule has 1 saturated carbocycles. The third-order valence-corrected chi connectivity index (χ3v) is 7.01. The van der Waals surface area contributed by atoms with Crippen LogP contribution in [0.15, 0.2) is 45.8 Å². The van der Waals surface area contributed by atoms with E-state index in [1.54, 1.807) is 19.1 Å². The molecule has 168 valence electrons. The Morgan fingerprint density at radius 3 is 2.69 bits per heavy atom. The van der Waals surface area contributed by atoms with Gasteiger partial charge in [-0.1, -0.05) is 28.9 Å². The molecule has 1 aliphatic carbocycles. The summed E-state index contributed by atoms with van der Waals surface area (Å²) in [5.41, 5.74) is 1.15. The summed E-state index contributed by atoms with van der Waals surface area (Å²) in [5.74, 6) is -0.0698. The van der Waals surface area contributed by atoms with Crippen molar-refractivity contribution in [1.29, 1.82) is 0 Å². The van der Waals surface area contributed by atoms with Crippen LogP contribution in [0.2, 0.25) is 5.02 Å². The van der Waals surface area contributed by atoms with Crippen LogP contribution in [0.4, 0.5) is 10.1 Å². The molecular formula is C21H20ClFN4O4S. The molecule has 8 nitrogen and oxygen atoms in total. The van der Waals surface area contributed by atoms with E-state index in [-0.39, 0.29) is 21.5 Å². The van der Waals surface area contributed by atoms with Gasteiger partial charge in [0, 0.05) is 11.5 Å². The normalized spacial score (nSPS) is 14.9. The lowest BCUT2D eigenvalue weighted by Gasteiger charge is -2.16. The summed E-state index contributed by atoms with van der Waals surface area (Å²) < 4.78 is 46.8. The van der Waals surface area contributed by atoms with Gasteiger partial charge in [0.1, 0.15) is 5.82 Å². The molecule has 1 amide bonds. The fraction of sp³-hybridized carbons (Fsp3) is 0.286. The zero-order valence-electron chi connectivity index (χ0n) is 17.2. The van der Waals surface area contributed by atoms with E-state index in [4.69, 9.17) is 16.1 Å². The minimum Gasteiger partial charge on any atom is -0.339 e. The zero-order chi connectivity index (χ0) is 23.0. The van der Waals surface area contributed by atoms with Crippen molar-refractivity contribution in [3.63, 3.8) is 0 Å². The summed E-state index contributed by atoms with van der Waals surface area (Å²) in [7, 11) is -4.06. The van der Waals surface area contributed by atoms with Crippen molar-refractivity contribution < 1.29 is 22.1 Å². The lowest BCUT2D eigenvalue weighted by atomic mass is 10.1. The topological polar surface area (TPSA) is 114 Å². The number of halogens is 2. The number of anilines is 1. The van der Waals surface area contributed by atoms with E-state index in [1.165, 1.54) is 19.1 Å². The highest BCUT2D eigenvalue weighted by atomic mass is 35.5. The fourth-order valence-electron chi connectivity index (χ4n) is 3.06.